The highest BCUT2D eigenvalue weighted by atomic mass is 16.5. The quantitative estimate of drug-likeness (QED) is 0.224. The molecule has 2 heterocycles. The fourth-order valence-electron chi connectivity index (χ4n) is 5.64. The summed E-state index contributed by atoms with van der Waals surface area (Å²) in [7, 11) is 3.43. The Morgan fingerprint density at radius 3 is 2.51 bits per heavy atom. The SMILES string of the molecule is C=C(C(=O)N(CC(C)C)[C@@H]1CNCC(C(=O)N2CCC(OC)CC2)C1)N(CCCCOC)c1ccccc1N. The largest absolute Gasteiger partial charge is 0.397 e. The summed E-state index contributed by atoms with van der Waals surface area (Å²) in [6, 6.07) is 7.49. The first kappa shape index (κ1) is 30.9. The minimum Gasteiger partial charge on any atom is -0.397 e. The first-order valence-electron chi connectivity index (χ1n) is 14.4. The zero-order valence-electron chi connectivity index (χ0n) is 24.4. The summed E-state index contributed by atoms with van der Waals surface area (Å²) in [4.78, 5) is 33.4. The summed E-state index contributed by atoms with van der Waals surface area (Å²) in [5, 5.41) is 3.45. The number of hydrogen-bond acceptors (Lipinski definition) is 7. The van der Waals surface area contributed by atoms with Crippen LogP contribution in [0.15, 0.2) is 36.5 Å². The van der Waals surface area contributed by atoms with E-state index in [0.29, 0.717) is 50.6 Å². The Morgan fingerprint density at radius 2 is 1.87 bits per heavy atom. The Morgan fingerprint density at radius 1 is 1.15 bits per heavy atom. The van der Waals surface area contributed by atoms with Gasteiger partial charge in [-0.2, -0.15) is 0 Å². The maximum atomic E-state index is 14.1. The number of ether oxygens (including phenoxy) is 2. The molecule has 1 aromatic rings. The summed E-state index contributed by atoms with van der Waals surface area (Å²) in [6.07, 6.45) is 4.31. The lowest BCUT2D eigenvalue weighted by Crippen LogP contribution is -2.56. The van der Waals surface area contributed by atoms with Crippen molar-refractivity contribution < 1.29 is 19.1 Å². The summed E-state index contributed by atoms with van der Waals surface area (Å²) in [6.45, 7) is 13.1. The molecule has 0 radical (unpaired) electrons. The molecule has 3 N–H and O–H groups in total. The van der Waals surface area contributed by atoms with Gasteiger partial charge in [0.1, 0.15) is 0 Å². The molecule has 3 rings (SSSR count). The highest BCUT2D eigenvalue weighted by Crippen LogP contribution is 2.29. The van der Waals surface area contributed by atoms with E-state index < -0.39 is 0 Å². The van der Waals surface area contributed by atoms with Crippen molar-refractivity contribution in [3.63, 3.8) is 0 Å². The molecule has 2 amide bonds. The van der Waals surface area contributed by atoms with Crippen LogP contribution in [0.1, 0.15) is 46.0 Å². The zero-order chi connectivity index (χ0) is 28.4. The number of hydrogen-bond donors (Lipinski definition) is 2. The van der Waals surface area contributed by atoms with Gasteiger partial charge < -0.3 is 35.2 Å². The molecule has 2 atom stereocenters. The van der Waals surface area contributed by atoms with Gasteiger partial charge in [-0.15, -0.1) is 0 Å². The molecule has 9 heteroatoms. The van der Waals surface area contributed by atoms with Crippen LogP contribution < -0.4 is 16.0 Å². The number of unbranched alkanes of at least 4 members (excludes halogenated alkanes) is 1. The Labute approximate surface area is 234 Å². The standard InChI is InChI=1S/C30H49N5O4/c1-22(2)21-35(25-18-24(19-32-20-25)30(37)33-15-12-26(39-5)13-16-33)29(36)23(3)34(14-8-9-17-38-4)28-11-7-6-10-27(28)31/h6-7,10-11,22,24-26,32H,3,8-9,12-21,31H2,1-2,4-5H3/t24?,25-/m0/s1. The second-order valence-electron chi connectivity index (χ2n) is 11.2. The molecule has 39 heavy (non-hydrogen) atoms. The summed E-state index contributed by atoms with van der Waals surface area (Å²) >= 11 is 0. The van der Waals surface area contributed by atoms with E-state index in [1.54, 1.807) is 14.2 Å². The van der Waals surface area contributed by atoms with Crippen molar-refractivity contribution in [3.05, 3.63) is 36.5 Å². The third-order valence-corrected chi connectivity index (χ3v) is 7.81. The van der Waals surface area contributed by atoms with Crippen molar-refractivity contribution in [2.75, 3.05) is 70.7 Å². The number of rotatable bonds is 13. The summed E-state index contributed by atoms with van der Waals surface area (Å²) < 4.78 is 10.7. The van der Waals surface area contributed by atoms with Gasteiger partial charge in [0.05, 0.1) is 29.1 Å². The lowest BCUT2D eigenvalue weighted by atomic mass is 9.91. The van der Waals surface area contributed by atoms with Crippen LogP contribution in [-0.4, -0.2) is 93.9 Å². The average Bonchev–Trinajstić information content (AvgIpc) is 2.95. The second-order valence-corrected chi connectivity index (χ2v) is 11.2. The van der Waals surface area contributed by atoms with Crippen LogP contribution in [0.5, 0.6) is 0 Å². The zero-order valence-corrected chi connectivity index (χ0v) is 24.4. The average molecular weight is 544 g/mol. The molecule has 0 saturated carbocycles. The number of piperidine rings is 2. The van der Waals surface area contributed by atoms with E-state index in [2.05, 4.69) is 25.7 Å². The maximum Gasteiger partial charge on any atom is 0.270 e. The fourth-order valence-corrected chi connectivity index (χ4v) is 5.64. The molecule has 1 aromatic carbocycles. The molecule has 0 aromatic heterocycles. The lowest BCUT2D eigenvalue weighted by Gasteiger charge is -2.41. The first-order chi connectivity index (χ1) is 18.8. The molecule has 0 aliphatic carbocycles. The molecule has 2 aliphatic heterocycles. The molecular formula is C30H49N5O4. The van der Waals surface area contributed by atoms with Gasteiger partial charge in [-0.1, -0.05) is 32.6 Å². The van der Waals surface area contributed by atoms with Gasteiger partial charge >= 0.3 is 0 Å². The molecule has 2 aliphatic rings. The van der Waals surface area contributed by atoms with E-state index in [4.69, 9.17) is 15.2 Å². The highest BCUT2D eigenvalue weighted by Gasteiger charge is 2.37. The van der Waals surface area contributed by atoms with Crippen molar-refractivity contribution in [3.8, 4) is 0 Å². The van der Waals surface area contributed by atoms with Crippen molar-refractivity contribution in [1.29, 1.82) is 0 Å². The topological polar surface area (TPSA) is 100 Å². The second kappa shape index (κ2) is 15.2. The van der Waals surface area contributed by atoms with E-state index in [1.807, 2.05) is 39.0 Å². The monoisotopic (exact) mass is 543 g/mol. The first-order valence-corrected chi connectivity index (χ1v) is 14.4. The molecule has 1 unspecified atom stereocenters. The number of amides is 2. The van der Waals surface area contributed by atoms with Crippen molar-refractivity contribution in [1.82, 2.24) is 15.1 Å². The van der Waals surface area contributed by atoms with Crippen LogP contribution in [0.2, 0.25) is 0 Å². The van der Waals surface area contributed by atoms with E-state index in [-0.39, 0.29) is 35.8 Å². The van der Waals surface area contributed by atoms with Gasteiger partial charge in [0.15, 0.2) is 0 Å². The minimum atomic E-state index is -0.159. The number of anilines is 2. The van der Waals surface area contributed by atoms with Crippen LogP contribution >= 0.6 is 0 Å². The normalized spacial score (nSPS) is 20.2. The smallest absolute Gasteiger partial charge is 0.270 e. The van der Waals surface area contributed by atoms with E-state index in [1.165, 1.54) is 0 Å². The molecule has 0 spiro atoms. The van der Waals surface area contributed by atoms with Crippen LogP contribution in [0.3, 0.4) is 0 Å². The van der Waals surface area contributed by atoms with Crippen LogP contribution in [0.4, 0.5) is 11.4 Å². The van der Waals surface area contributed by atoms with Gasteiger partial charge in [-0.3, -0.25) is 9.59 Å². The van der Waals surface area contributed by atoms with E-state index >= 15 is 0 Å². The molecule has 218 valence electrons. The molecule has 2 fully saturated rings. The Hall–Kier alpha value is -2.62. The van der Waals surface area contributed by atoms with E-state index in [0.717, 1.165) is 44.5 Å². The van der Waals surface area contributed by atoms with Gasteiger partial charge in [-0.05, 0) is 50.2 Å². The number of nitrogen functional groups attached to an aromatic ring is 1. The Bertz CT molecular complexity index is 947. The summed E-state index contributed by atoms with van der Waals surface area (Å²) in [5.74, 6) is 0.171. The van der Waals surface area contributed by atoms with Crippen LogP contribution in [-0.2, 0) is 19.1 Å². The number of para-hydroxylation sites is 2. The molecule has 9 nitrogen and oxygen atoms in total. The number of carbonyl (C=O) groups is 2. The van der Waals surface area contributed by atoms with Crippen molar-refractivity contribution in [2.45, 2.75) is 58.1 Å². The van der Waals surface area contributed by atoms with Gasteiger partial charge in [0.25, 0.3) is 5.91 Å². The fraction of sp³-hybridized carbons (Fsp3) is 0.667. The predicted molar refractivity (Wildman–Crippen MR) is 156 cm³/mol. The number of nitrogens with zero attached hydrogens (tertiary/aromatic N) is 3. The van der Waals surface area contributed by atoms with Gasteiger partial charge in [-0.25, -0.2) is 0 Å². The highest BCUT2D eigenvalue weighted by molar-refractivity contribution is 5.97. The van der Waals surface area contributed by atoms with Gasteiger partial charge in [0, 0.05) is 66.1 Å². The Balaban J connectivity index is 1.76. The number of methoxy groups -OCH3 is 2. The Kier molecular flexibility index (Phi) is 12.1. The van der Waals surface area contributed by atoms with Gasteiger partial charge in [0.2, 0.25) is 5.91 Å². The predicted octanol–water partition coefficient (Wildman–Crippen LogP) is 3.12. The van der Waals surface area contributed by atoms with Crippen LogP contribution in [0.25, 0.3) is 0 Å². The maximum absolute atomic E-state index is 14.1. The molecular weight excluding hydrogens is 494 g/mol. The number of benzene rings is 1. The number of nitrogens with two attached hydrogens (primary N) is 1. The van der Waals surface area contributed by atoms with E-state index in [9.17, 15) is 9.59 Å². The van der Waals surface area contributed by atoms with Crippen LogP contribution in [0, 0.1) is 11.8 Å². The number of nitrogens with one attached hydrogen (secondary N) is 1. The summed E-state index contributed by atoms with van der Waals surface area (Å²) in [5.41, 5.74) is 8.13. The van der Waals surface area contributed by atoms with Crippen molar-refractivity contribution in [2.24, 2.45) is 11.8 Å². The number of likely N-dealkylation sites (tertiary alicyclic amines) is 1. The van der Waals surface area contributed by atoms with Crippen molar-refractivity contribution >= 4 is 23.2 Å². The molecule has 0 bridgehead atoms. The lowest BCUT2D eigenvalue weighted by molar-refractivity contribution is -0.141. The molecule has 2 saturated heterocycles. The third-order valence-electron chi connectivity index (χ3n) is 7.81. The number of carbonyl (C=O) groups excluding carboxylic acids is 2. The third kappa shape index (κ3) is 8.43. The minimum absolute atomic E-state index is 0.0978.